The average Bonchev–Trinajstić information content (AvgIpc) is 3.29. The minimum Gasteiger partial charge on any atom is -0.757 e. The van der Waals surface area contributed by atoms with Crippen LogP contribution in [0.15, 0.2) is 63.0 Å². The van der Waals surface area contributed by atoms with Gasteiger partial charge in [-0.3, -0.25) is 4.79 Å². The Morgan fingerprint density at radius 3 is 2.50 bits per heavy atom. The van der Waals surface area contributed by atoms with Gasteiger partial charge in [-0.15, -0.1) is 0 Å². The average molecular weight is 319 g/mol. The normalized spacial score (nSPS) is 15.6. The summed E-state index contributed by atoms with van der Waals surface area (Å²) in [6, 6.07) is 8.51. The minimum atomic E-state index is -0.910. The van der Waals surface area contributed by atoms with Crippen molar-refractivity contribution >= 4 is 17.4 Å². The van der Waals surface area contributed by atoms with Crippen LogP contribution in [0.4, 0.5) is 0 Å². The highest BCUT2D eigenvalue weighted by Crippen LogP contribution is 2.33. The number of ketones is 1. The maximum absolute atomic E-state index is 12.8. The fraction of sp³-hybridized carbons (Fsp3) is 0.167. The summed E-state index contributed by atoms with van der Waals surface area (Å²) in [5, 5.41) is 18.6. The van der Waals surface area contributed by atoms with Crippen molar-refractivity contribution in [2.75, 3.05) is 0 Å². The Labute approximate surface area is 138 Å². The van der Waals surface area contributed by atoms with Gasteiger partial charge in [-0.05, 0) is 24.3 Å². The van der Waals surface area contributed by atoms with Crippen molar-refractivity contribution in [2.45, 2.75) is 19.4 Å². The van der Waals surface area contributed by atoms with Crippen molar-refractivity contribution in [1.29, 1.82) is 5.26 Å². The van der Waals surface area contributed by atoms with Crippen LogP contribution in [0.3, 0.4) is 0 Å². The molecule has 1 aliphatic heterocycles. The molecule has 0 amide bonds. The molecule has 0 fully saturated rings. The summed E-state index contributed by atoms with van der Waals surface area (Å²) >= 11 is 0. The van der Waals surface area contributed by atoms with Crippen molar-refractivity contribution in [3.8, 4) is 6.07 Å². The van der Waals surface area contributed by atoms with E-state index in [1.807, 2.05) is 11.9 Å². The zero-order valence-corrected chi connectivity index (χ0v) is 13.1. The molecule has 3 rings (SSSR count). The molecule has 24 heavy (non-hydrogen) atoms. The number of hydrogen-bond donors (Lipinski definition) is 0. The van der Waals surface area contributed by atoms with Gasteiger partial charge < -0.3 is 14.2 Å². The third-order valence-electron chi connectivity index (χ3n) is 3.94. The molecule has 0 saturated carbocycles. The van der Waals surface area contributed by atoms with E-state index in [-0.39, 0.29) is 17.2 Å². The van der Waals surface area contributed by atoms with E-state index in [4.69, 9.17) is 8.83 Å². The number of rotatable bonds is 4. The Kier molecular flexibility index (Phi) is 3.64. The number of carbonyl (C=O) groups excluding carboxylic acids is 1. The van der Waals surface area contributed by atoms with Crippen molar-refractivity contribution < 1.29 is 18.2 Å². The maximum atomic E-state index is 12.8. The molecular formula is C18H13N3O3. The molecule has 0 bridgehead atoms. The monoisotopic (exact) mass is 319 g/mol. The van der Waals surface area contributed by atoms with Gasteiger partial charge >= 0.3 is 5.70 Å². The van der Waals surface area contributed by atoms with E-state index >= 15 is 0 Å². The van der Waals surface area contributed by atoms with Gasteiger partial charge in [0.1, 0.15) is 0 Å². The van der Waals surface area contributed by atoms with Crippen LogP contribution in [-0.4, -0.2) is 27.5 Å². The van der Waals surface area contributed by atoms with E-state index in [1.165, 1.54) is 17.1 Å². The third kappa shape index (κ3) is 2.24. The number of nitrogens with zero attached hydrogens (tertiary/aromatic N) is 3. The number of furan rings is 2. The first-order chi connectivity index (χ1) is 11.5. The molecule has 0 aliphatic carbocycles. The molecule has 0 unspecified atom stereocenters. The van der Waals surface area contributed by atoms with E-state index in [2.05, 4.69) is 0 Å². The Bertz CT molecular complexity index is 946. The van der Waals surface area contributed by atoms with E-state index in [9.17, 15) is 15.5 Å². The molecule has 6 heteroatoms. The molecule has 2 aromatic heterocycles. The second-order valence-corrected chi connectivity index (χ2v) is 5.69. The van der Waals surface area contributed by atoms with Crippen molar-refractivity contribution in [1.82, 2.24) is 0 Å². The van der Waals surface area contributed by atoms with Gasteiger partial charge in [0.25, 0.3) is 5.71 Å². The van der Waals surface area contributed by atoms with Gasteiger partial charge in [0.2, 0.25) is 5.78 Å². The quantitative estimate of drug-likeness (QED) is 0.375. The standard InChI is InChI=1S/C18H13N3O3/c1-18(2)13(17(22)16-6-4-8-24-16)9-14(15-5-3-7-23-15)21(18)12(10-19)11-20/h3-9H,1-2H3. The Hall–Kier alpha value is -3.42. The van der Waals surface area contributed by atoms with Gasteiger partial charge in [-0.1, -0.05) is 0 Å². The molecule has 0 spiro atoms. The van der Waals surface area contributed by atoms with Crippen LogP contribution in [0.1, 0.15) is 30.2 Å². The predicted octanol–water partition coefficient (Wildman–Crippen LogP) is 2.92. The van der Waals surface area contributed by atoms with Gasteiger partial charge in [-0.25, -0.2) is 0 Å². The lowest BCUT2D eigenvalue weighted by Gasteiger charge is -2.19. The van der Waals surface area contributed by atoms with Gasteiger partial charge in [0.05, 0.1) is 18.1 Å². The Balaban J connectivity index is 2.21. The molecule has 0 aromatic carbocycles. The maximum Gasteiger partial charge on any atom is 0.305 e. The molecule has 0 radical (unpaired) electrons. The zero-order valence-electron chi connectivity index (χ0n) is 13.1. The number of hydrogen-bond acceptors (Lipinski definition) is 4. The number of nitriles is 1. The summed E-state index contributed by atoms with van der Waals surface area (Å²) in [5.41, 5.74) is -0.137. The molecule has 118 valence electrons. The van der Waals surface area contributed by atoms with Crippen LogP contribution in [0.25, 0.3) is 5.41 Å². The zero-order chi connectivity index (χ0) is 17.3. The summed E-state index contributed by atoms with van der Waals surface area (Å²) in [5.74, 6) is 2.25. The molecular weight excluding hydrogens is 306 g/mol. The molecule has 0 saturated heterocycles. The predicted molar refractivity (Wildman–Crippen MR) is 85.8 cm³/mol. The molecule has 0 N–H and O–H groups in total. The van der Waals surface area contributed by atoms with Crippen LogP contribution >= 0.6 is 0 Å². The first kappa shape index (κ1) is 15.5. The highest BCUT2D eigenvalue weighted by molar-refractivity contribution is 6.16. The minimum absolute atomic E-state index is 0.120. The lowest BCUT2D eigenvalue weighted by atomic mass is 9.90. The Morgan fingerprint density at radius 2 is 1.96 bits per heavy atom. The van der Waals surface area contributed by atoms with E-state index < -0.39 is 5.54 Å². The lowest BCUT2D eigenvalue weighted by molar-refractivity contribution is -0.531. The Morgan fingerprint density at radius 1 is 1.25 bits per heavy atom. The topological polar surface area (TPSA) is 92.4 Å². The third-order valence-corrected chi connectivity index (χ3v) is 3.94. The van der Waals surface area contributed by atoms with Crippen molar-refractivity contribution in [3.63, 3.8) is 0 Å². The number of Topliss-reactive ketones (excluding diaryl/α,β-unsaturated/α-hetero) is 1. The molecule has 0 atom stereocenters. The number of allylic oxidation sites excluding steroid dienone is 2. The van der Waals surface area contributed by atoms with E-state index in [1.54, 1.807) is 44.2 Å². The van der Waals surface area contributed by atoms with Gasteiger partial charge in [-0.2, -0.15) is 15.7 Å². The van der Waals surface area contributed by atoms with E-state index in [0.29, 0.717) is 17.0 Å². The molecule has 3 heterocycles. The first-order valence-electron chi connectivity index (χ1n) is 7.19. The summed E-state index contributed by atoms with van der Waals surface area (Å²) in [6.07, 6.45) is 4.55. The largest absolute Gasteiger partial charge is 0.757 e. The summed E-state index contributed by atoms with van der Waals surface area (Å²) in [7, 11) is 0. The smallest absolute Gasteiger partial charge is 0.305 e. The van der Waals surface area contributed by atoms with Gasteiger partial charge in [0, 0.05) is 19.9 Å². The van der Waals surface area contributed by atoms with Crippen LogP contribution in [-0.2, 0) is 0 Å². The van der Waals surface area contributed by atoms with Crippen LogP contribution < -0.4 is 0 Å². The molecule has 1 aliphatic rings. The summed E-state index contributed by atoms with van der Waals surface area (Å²) < 4.78 is 12.1. The van der Waals surface area contributed by atoms with Crippen molar-refractivity contribution in [2.24, 2.45) is 0 Å². The van der Waals surface area contributed by atoms with Gasteiger partial charge in [0.15, 0.2) is 23.1 Å². The summed E-state index contributed by atoms with van der Waals surface area (Å²) in [6.45, 7) is 3.54. The van der Waals surface area contributed by atoms with E-state index in [0.717, 1.165) is 0 Å². The van der Waals surface area contributed by atoms with Crippen LogP contribution in [0, 0.1) is 11.3 Å². The second kappa shape index (κ2) is 5.65. The van der Waals surface area contributed by atoms with Crippen molar-refractivity contribution in [3.05, 3.63) is 71.1 Å². The lowest BCUT2D eigenvalue weighted by Crippen LogP contribution is -2.38. The second-order valence-electron chi connectivity index (χ2n) is 5.69. The van der Waals surface area contributed by atoms with Crippen LogP contribution in [0.2, 0.25) is 0 Å². The fourth-order valence-electron chi connectivity index (χ4n) is 2.81. The SMILES string of the molecule is CC1(C)C(C(=O)c2ccco2)=CC(c2ccco2)=[N+]1C(=C=[N-])C#N. The fourth-order valence-corrected chi connectivity index (χ4v) is 2.81. The number of carbonyl (C=O) groups is 1. The highest BCUT2D eigenvalue weighted by Gasteiger charge is 2.49. The molecule has 2 aromatic rings. The van der Waals surface area contributed by atoms with Crippen LogP contribution in [0.5, 0.6) is 0 Å². The first-order valence-corrected chi connectivity index (χ1v) is 7.19. The molecule has 6 nitrogen and oxygen atoms in total. The highest BCUT2D eigenvalue weighted by atomic mass is 16.3. The summed E-state index contributed by atoms with van der Waals surface area (Å²) in [4.78, 5) is 12.8.